The van der Waals surface area contributed by atoms with Crippen LogP contribution in [0.1, 0.15) is 25.0 Å². The molecule has 12 rings (SSSR count). The van der Waals surface area contributed by atoms with Crippen molar-refractivity contribution in [1.82, 2.24) is 4.40 Å². The van der Waals surface area contributed by atoms with Crippen molar-refractivity contribution in [2.45, 2.75) is 20.3 Å². The number of anilines is 3. The zero-order valence-corrected chi connectivity index (χ0v) is 30.2. The number of rotatable bonds is 4. The van der Waals surface area contributed by atoms with Gasteiger partial charge in [-0.05, 0) is 94.4 Å². The largest absolute Gasteiger partial charge is 0.456 e. The van der Waals surface area contributed by atoms with E-state index in [1.165, 1.54) is 71.5 Å². The summed E-state index contributed by atoms with van der Waals surface area (Å²) in [6.07, 6.45) is 0.972. The van der Waals surface area contributed by atoms with Gasteiger partial charge in [-0.3, -0.25) is 0 Å². The standard InChI is InChI=1S/C49H30N2O.C2H6/c1-2-10-36-32(9-1)27-33-21-25-35(29-42(33)36)50(34-23-19-30(20-24-34)31-22-26-47-43(28-31)38-12-4-6-18-46(38)52-47)45-17-8-15-41-40-14-7-13-39-37-11-3-5-16-44(37)51(48(39)40)49(41)45;1-2/h1-26,28-29H,27H2;1-2H3. The molecule has 54 heavy (non-hydrogen) atoms. The Morgan fingerprint density at radius 2 is 1.07 bits per heavy atom. The van der Waals surface area contributed by atoms with E-state index in [4.69, 9.17) is 4.42 Å². The number of hydrogen-bond donors (Lipinski definition) is 0. The SMILES string of the molecule is CC.c1ccc2c(c1)Cc1ccc(N(c3ccc(-c4ccc5oc6ccccc6c5c4)cc3)c3cccc4c5cccc6c7ccccc7n(c34)c65)cc1-2. The fourth-order valence-corrected chi connectivity index (χ4v) is 9.02. The maximum Gasteiger partial charge on any atom is 0.135 e. The number of fused-ring (bicyclic) bond motifs is 12. The van der Waals surface area contributed by atoms with Crippen LogP contribution in [0.3, 0.4) is 0 Å². The molecule has 256 valence electrons. The van der Waals surface area contributed by atoms with Crippen LogP contribution < -0.4 is 4.90 Å². The summed E-state index contributed by atoms with van der Waals surface area (Å²) in [5.41, 5.74) is 16.7. The van der Waals surface area contributed by atoms with E-state index in [0.29, 0.717) is 0 Å². The zero-order chi connectivity index (χ0) is 35.9. The van der Waals surface area contributed by atoms with E-state index in [0.717, 1.165) is 45.4 Å². The first-order chi connectivity index (χ1) is 26.8. The van der Waals surface area contributed by atoms with Gasteiger partial charge in [0.15, 0.2) is 0 Å². The predicted octanol–water partition coefficient (Wildman–Crippen LogP) is 14.5. The molecule has 0 unspecified atom stereocenters. The molecule has 0 aliphatic heterocycles. The summed E-state index contributed by atoms with van der Waals surface area (Å²) < 4.78 is 8.64. The van der Waals surface area contributed by atoms with Crippen molar-refractivity contribution in [1.29, 1.82) is 0 Å². The molecule has 11 aromatic rings. The van der Waals surface area contributed by atoms with E-state index in [9.17, 15) is 0 Å². The topological polar surface area (TPSA) is 20.8 Å². The van der Waals surface area contributed by atoms with E-state index >= 15 is 0 Å². The quantitative estimate of drug-likeness (QED) is 0.183. The first-order valence-corrected chi connectivity index (χ1v) is 19.0. The summed E-state index contributed by atoms with van der Waals surface area (Å²) in [6, 6.07) is 62.1. The minimum absolute atomic E-state index is 0.913. The third-order valence-corrected chi connectivity index (χ3v) is 11.3. The Morgan fingerprint density at radius 1 is 0.444 bits per heavy atom. The molecule has 0 bridgehead atoms. The fraction of sp³-hybridized carbons (Fsp3) is 0.0588. The highest BCUT2D eigenvalue weighted by molar-refractivity contribution is 6.25. The molecular formula is C51H36N2O. The van der Waals surface area contributed by atoms with E-state index in [1.54, 1.807) is 0 Å². The molecule has 0 atom stereocenters. The maximum absolute atomic E-state index is 6.14. The minimum Gasteiger partial charge on any atom is -0.456 e. The van der Waals surface area contributed by atoms with Gasteiger partial charge in [-0.2, -0.15) is 0 Å². The third-order valence-electron chi connectivity index (χ3n) is 11.3. The average Bonchev–Trinajstić information content (AvgIpc) is 3.99. The van der Waals surface area contributed by atoms with Gasteiger partial charge in [0.05, 0.1) is 22.2 Å². The minimum atomic E-state index is 0.913. The van der Waals surface area contributed by atoms with Crippen LogP contribution in [0.2, 0.25) is 0 Å². The van der Waals surface area contributed by atoms with Crippen LogP contribution in [0.25, 0.3) is 82.3 Å². The number of benzene rings is 8. The maximum atomic E-state index is 6.14. The van der Waals surface area contributed by atoms with Crippen LogP contribution in [-0.4, -0.2) is 4.40 Å². The lowest BCUT2D eigenvalue weighted by molar-refractivity contribution is 0.669. The van der Waals surface area contributed by atoms with Gasteiger partial charge in [0, 0.05) is 43.7 Å². The Morgan fingerprint density at radius 3 is 1.94 bits per heavy atom. The number of furan rings is 1. The highest BCUT2D eigenvalue weighted by Gasteiger charge is 2.25. The third kappa shape index (κ3) is 4.36. The Kier molecular flexibility index (Phi) is 6.74. The van der Waals surface area contributed by atoms with Gasteiger partial charge in [-0.15, -0.1) is 0 Å². The Labute approximate surface area is 313 Å². The molecular weight excluding hydrogens is 657 g/mol. The Hall–Kier alpha value is -6.84. The first-order valence-electron chi connectivity index (χ1n) is 19.0. The first kappa shape index (κ1) is 30.8. The van der Waals surface area contributed by atoms with E-state index in [-0.39, 0.29) is 0 Å². The van der Waals surface area contributed by atoms with Crippen molar-refractivity contribution in [3.05, 3.63) is 181 Å². The van der Waals surface area contributed by atoms with Crippen LogP contribution in [-0.2, 0) is 6.42 Å². The molecule has 3 nitrogen and oxygen atoms in total. The van der Waals surface area contributed by atoms with Crippen LogP contribution in [0.5, 0.6) is 0 Å². The molecule has 1 aliphatic rings. The second-order valence-corrected chi connectivity index (χ2v) is 14.1. The molecule has 0 N–H and O–H groups in total. The molecule has 3 heterocycles. The lowest BCUT2D eigenvalue weighted by atomic mass is 10.0. The van der Waals surface area contributed by atoms with Crippen molar-refractivity contribution in [3.8, 4) is 22.3 Å². The second kappa shape index (κ2) is 11.8. The van der Waals surface area contributed by atoms with Crippen molar-refractivity contribution >= 4 is 77.1 Å². The lowest BCUT2D eigenvalue weighted by Crippen LogP contribution is -2.11. The van der Waals surface area contributed by atoms with Gasteiger partial charge in [0.1, 0.15) is 11.2 Å². The number of nitrogens with zero attached hydrogens (tertiary/aromatic N) is 2. The molecule has 1 aliphatic carbocycles. The summed E-state index contributed by atoms with van der Waals surface area (Å²) in [4.78, 5) is 2.46. The number of hydrogen-bond acceptors (Lipinski definition) is 2. The molecule has 0 fully saturated rings. The van der Waals surface area contributed by atoms with Gasteiger partial charge in [-0.25, -0.2) is 0 Å². The fourth-order valence-electron chi connectivity index (χ4n) is 9.02. The van der Waals surface area contributed by atoms with Crippen molar-refractivity contribution < 1.29 is 4.42 Å². The normalized spacial score (nSPS) is 12.2. The molecule has 0 saturated carbocycles. The van der Waals surface area contributed by atoms with Gasteiger partial charge in [-0.1, -0.05) is 129 Å². The molecule has 0 radical (unpaired) electrons. The zero-order valence-electron chi connectivity index (χ0n) is 30.2. The van der Waals surface area contributed by atoms with Crippen LogP contribution in [0.4, 0.5) is 17.1 Å². The Balaban J connectivity index is 0.00000168. The monoisotopic (exact) mass is 692 g/mol. The van der Waals surface area contributed by atoms with E-state index in [1.807, 2.05) is 26.0 Å². The van der Waals surface area contributed by atoms with Crippen LogP contribution >= 0.6 is 0 Å². The summed E-state index contributed by atoms with van der Waals surface area (Å²) in [7, 11) is 0. The van der Waals surface area contributed by atoms with Crippen molar-refractivity contribution in [2.24, 2.45) is 0 Å². The number of aromatic nitrogens is 1. The van der Waals surface area contributed by atoms with E-state index in [2.05, 4.69) is 167 Å². The average molecular weight is 693 g/mol. The van der Waals surface area contributed by atoms with Crippen molar-refractivity contribution in [2.75, 3.05) is 4.90 Å². The summed E-state index contributed by atoms with van der Waals surface area (Å²) in [5.74, 6) is 0. The lowest BCUT2D eigenvalue weighted by Gasteiger charge is -2.27. The smallest absolute Gasteiger partial charge is 0.135 e. The molecule has 0 saturated heterocycles. The molecule has 0 spiro atoms. The van der Waals surface area contributed by atoms with Crippen LogP contribution in [0.15, 0.2) is 174 Å². The van der Waals surface area contributed by atoms with Gasteiger partial charge in [0.2, 0.25) is 0 Å². The van der Waals surface area contributed by atoms with Gasteiger partial charge in [0.25, 0.3) is 0 Å². The van der Waals surface area contributed by atoms with Gasteiger partial charge < -0.3 is 13.7 Å². The highest BCUT2D eigenvalue weighted by atomic mass is 16.3. The summed E-state index contributed by atoms with van der Waals surface area (Å²) >= 11 is 0. The molecule has 3 heteroatoms. The molecule has 3 aromatic heterocycles. The number of para-hydroxylation sites is 4. The second-order valence-electron chi connectivity index (χ2n) is 14.1. The predicted molar refractivity (Wildman–Crippen MR) is 228 cm³/mol. The molecule has 8 aromatic carbocycles. The van der Waals surface area contributed by atoms with Gasteiger partial charge >= 0.3 is 0 Å². The highest BCUT2D eigenvalue weighted by Crippen LogP contribution is 2.47. The van der Waals surface area contributed by atoms with Crippen LogP contribution in [0, 0.1) is 0 Å². The van der Waals surface area contributed by atoms with E-state index < -0.39 is 0 Å². The van der Waals surface area contributed by atoms with Crippen molar-refractivity contribution in [3.63, 3.8) is 0 Å². The summed E-state index contributed by atoms with van der Waals surface area (Å²) in [5, 5.41) is 7.41. The summed E-state index contributed by atoms with van der Waals surface area (Å²) in [6.45, 7) is 4.00. The molecule has 0 amide bonds. The Bertz CT molecular complexity index is 3220.